The van der Waals surface area contributed by atoms with E-state index in [0.29, 0.717) is 0 Å². The van der Waals surface area contributed by atoms with Crippen molar-refractivity contribution in [3.8, 4) is 0 Å². The van der Waals surface area contributed by atoms with E-state index in [1.165, 1.54) is 0 Å². The monoisotopic (exact) mass is 49.1 g/mol. The molecule has 2 heteroatoms. The molecule has 0 bridgehead atoms. The summed E-state index contributed by atoms with van der Waals surface area (Å²) in [5, 5.41) is 0. The van der Waals surface area contributed by atoms with Crippen molar-refractivity contribution in [1.82, 2.24) is 0 Å². The van der Waals surface area contributed by atoms with E-state index in [0.717, 1.165) is 6.20 Å². The van der Waals surface area contributed by atoms with Gasteiger partial charge in [-0.15, -0.1) is 0 Å². The smallest absolute Gasteiger partial charge is 0.497 e. The first-order valence-corrected chi connectivity index (χ1v) is 0.667. The summed E-state index contributed by atoms with van der Waals surface area (Å²) in [6.45, 7) is 4.50. The Morgan fingerprint density at radius 3 is 1.75 bits per heavy atom. The number of hydrogen-bond donors (Lipinski definition) is 1. The predicted octanol–water partition coefficient (Wildman–Crippen LogP) is -3.10. The zero-order valence-corrected chi connectivity index (χ0v) is 2.73. The van der Waals surface area contributed by atoms with Crippen molar-refractivity contribution >= 4 is 0 Å². The van der Waals surface area contributed by atoms with Crippen molar-refractivity contribution in [1.29, 1.82) is 0 Å². The minimum absolute atomic E-state index is 0. The van der Waals surface area contributed by atoms with Gasteiger partial charge < -0.3 is 12.3 Å². The Hall–Kier alpha value is 0.137. The molecular formula is C2H4LiN. The fraction of sp³-hybridized carbons (Fsp3) is 0. The van der Waals surface area contributed by atoms with Gasteiger partial charge in [-0.2, -0.15) is 6.20 Å². The van der Waals surface area contributed by atoms with Crippen LogP contribution in [0.4, 0.5) is 0 Å². The Morgan fingerprint density at radius 1 is 1.75 bits per heavy atom. The van der Waals surface area contributed by atoms with Crippen molar-refractivity contribution < 1.29 is 18.9 Å². The quantitative estimate of drug-likeness (QED) is 0.228. The molecule has 18 valence electrons. The summed E-state index contributed by atoms with van der Waals surface area (Å²) >= 11 is 0. The van der Waals surface area contributed by atoms with E-state index in [4.69, 9.17) is 0 Å². The van der Waals surface area contributed by atoms with Gasteiger partial charge in [-0.3, -0.25) is 0 Å². The van der Waals surface area contributed by atoms with E-state index in [-0.39, 0.29) is 18.9 Å². The molecule has 0 fully saturated rings. The maximum Gasteiger partial charge on any atom is 1.00 e. The predicted molar refractivity (Wildman–Crippen MR) is 13.1 cm³/mol. The van der Waals surface area contributed by atoms with Crippen LogP contribution in [-0.2, 0) is 0 Å². The maximum absolute atomic E-state index is 4.50. The van der Waals surface area contributed by atoms with Crippen molar-refractivity contribution in [2.45, 2.75) is 0 Å². The van der Waals surface area contributed by atoms with E-state index in [9.17, 15) is 0 Å². The third-order valence-electron chi connectivity index (χ3n) is 0. The number of hydrogen-bond acceptors (Lipinski definition) is 1. The van der Waals surface area contributed by atoms with Gasteiger partial charge in [0.1, 0.15) is 0 Å². The number of rotatable bonds is 0. The second-order valence-corrected chi connectivity index (χ2v) is 0.192. The number of nitrogens with two attached hydrogens (primary N) is 1. The molecule has 0 rings (SSSR count). The molecule has 0 saturated carbocycles. The summed E-state index contributed by atoms with van der Waals surface area (Å²) in [4.78, 5) is 0. The fourth-order valence-electron chi connectivity index (χ4n) is 0. The molecule has 0 saturated heterocycles. The molecule has 0 aromatic carbocycles. The summed E-state index contributed by atoms with van der Waals surface area (Å²) in [6, 6.07) is 0. The SMILES string of the molecule is [CH-]=CN.[Li+]. The molecule has 0 heterocycles. The Kier molecular flexibility index (Phi) is 24.7. The second kappa shape index (κ2) is 11.1. The first kappa shape index (κ1) is 8.91. The van der Waals surface area contributed by atoms with Crippen LogP contribution in [0.5, 0.6) is 0 Å². The normalized spacial score (nSPS) is 3.00. The first-order chi connectivity index (χ1) is 1.41. The maximum atomic E-state index is 4.50. The summed E-state index contributed by atoms with van der Waals surface area (Å²) in [5.41, 5.74) is 4.50. The van der Waals surface area contributed by atoms with Crippen LogP contribution in [-0.4, -0.2) is 0 Å². The largest absolute Gasteiger partial charge is 1.00 e. The Balaban J connectivity index is 0. The molecule has 0 radical (unpaired) electrons. The van der Waals surface area contributed by atoms with Gasteiger partial charge in [0, 0.05) is 0 Å². The van der Waals surface area contributed by atoms with Crippen molar-refractivity contribution in [3.05, 3.63) is 12.8 Å². The third kappa shape index (κ3) is 146. The van der Waals surface area contributed by atoms with Gasteiger partial charge in [-0.25, -0.2) is 0 Å². The average Bonchev–Trinajstić information content (AvgIpc) is 0.918. The molecule has 2 N–H and O–H groups in total. The van der Waals surface area contributed by atoms with Crippen LogP contribution in [0.15, 0.2) is 6.20 Å². The molecule has 0 aliphatic rings. The van der Waals surface area contributed by atoms with Gasteiger partial charge in [0.05, 0.1) is 0 Å². The first-order valence-electron chi connectivity index (χ1n) is 0.667. The summed E-state index contributed by atoms with van der Waals surface area (Å²) in [5.74, 6) is 0. The second-order valence-electron chi connectivity index (χ2n) is 0.192. The van der Waals surface area contributed by atoms with Gasteiger partial charge >= 0.3 is 18.9 Å². The summed E-state index contributed by atoms with van der Waals surface area (Å²) < 4.78 is 0. The van der Waals surface area contributed by atoms with E-state index < -0.39 is 0 Å². The standard InChI is InChI=1S/C2H4N.Li/c1-2-3;/h1-2H,3H2;/q-1;+1. The van der Waals surface area contributed by atoms with Crippen LogP contribution < -0.4 is 24.6 Å². The third-order valence-corrected chi connectivity index (χ3v) is 0. The van der Waals surface area contributed by atoms with Gasteiger partial charge in [-0.1, -0.05) is 0 Å². The Bertz CT molecular complexity index is 13.5. The molecule has 0 atom stereocenters. The molecule has 0 spiro atoms. The molecule has 0 aliphatic carbocycles. The van der Waals surface area contributed by atoms with Crippen LogP contribution in [0.1, 0.15) is 0 Å². The van der Waals surface area contributed by atoms with E-state index >= 15 is 0 Å². The van der Waals surface area contributed by atoms with E-state index in [1.807, 2.05) is 0 Å². The zero-order valence-electron chi connectivity index (χ0n) is 2.73. The molecule has 0 aromatic rings. The minimum atomic E-state index is 0. The molecule has 0 aliphatic heterocycles. The molecule has 0 aromatic heterocycles. The Labute approximate surface area is 38.1 Å². The van der Waals surface area contributed by atoms with Crippen LogP contribution in [0, 0.1) is 6.58 Å². The van der Waals surface area contributed by atoms with E-state index in [1.54, 1.807) is 0 Å². The topological polar surface area (TPSA) is 26.0 Å². The molecule has 0 unspecified atom stereocenters. The van der Waals surface area contributed by atoms with Gasteiger partial charge in [-0.05, 0) is 0 Å². The summed E-state index contributed by atoms with van der Waals surface area (Å²) in [7, 11) is 0. The van der Waals surface area contributed by atoms with Gasteiger partial charge in [0.2, 0.25) is 0 Å². The van der Waals surface area contributed by atoms with Crippen LogP contribution >= 0.6 is 0 Å². The van der Waals surface area contributed by atoms with Crippen molar-refractivity contribution in [3.63, 3.8) is 0 Å². The zero-order chi connectivity index (χ0) is 2.71. The van der Waals surface area contributed by atoms with Gasteiger partial charge in [0.25, 0.3) is 0 Å². The van der Waals surface area contributed by atoms with Crippen LogP contribution in [0.2, 0.25) is 0 Å². The van der Waals surface area contributed by atoms with Crippen molar-refractivity contribution in [2.24, 2.45) is 5.73 Å². The molecule has 1 nitrogen and oxygen atoms in total. The van der Waals surface area contributed by atoms with Crippen molar-refractivity contribution in [2.75, 3.05) is 0 Å². The average molecular weight is 49.0 g/mol. The van der Waals surface area contributed by atoms with Gasteiger partial charge in [0.15, 0.2) is 0 Å². The molecule has 4 heavy (non-hydrogen) atoms. The fourth-order valence-corrected chi connectivity index (χ4v) is 0. The minimum Gasteiger partial charge on any atom is -0.497 e. The Morgan fingerprint density at radius 2 is 1.75 bits per heavy atom. The summed E-state index contributed by atoms with van der Waals surface area (Å²) in [6.07, 6.45) is 1.00. The van der Waals surface area contributed by atoms with Crippen LogP contribution in [0.25, 0.3) is 0 Å². The molecule has 0 amide bonds. The van der Waals surface area contributed by atoms with Crippen LogP contribution in [0.3, 0.4) is 0 Å². The molecular weight excluding hydrogens is 45.0 g/mol. The van der Waals surface area contributed by atoms with E-state index in [2.05, 4.69) is 12.3 Å².